The van der Waals surface area contributed by atoms with E-state index in [4.69, 9.17) is 11.2 Å². The van der Waals surface area contributed by atoms with Crippen molar-refractivity contribution in [3.05, 3.63) is 100 Å². The Morgan fingerprint density at radius 1 is 1.26 bits per heavy atom. The van der Waals surface area contributed by atoms with Crippen LogP contribution in [0.15, 0.2) is 94.1 Å². The number of hydrogen-bond acceptors (Lipinski definition) is 5. The number of alkyl halides is 3. The fraction of sp³-hybridized carbons (Fsp3) is 0.172. The van der Waals surface area contributed by atoms with Gasteiger partial charge in [0.15, 0.2) is 0 Å². The van der Waals surface area contributed by atoms with Crippen molar-refractivity contribution in [2.75, 3.05) is 0 Å². The molecule has 0 aliphatic heterocycles. The number of aromatic nitrogens is 3. The Morgan fingerprint density at radius 2 is 2.05 bits per heavy atom. The topological polar surface area (TPSA) is 69.4 Å². The van der Waals surface area contributed by atoms with E-state index < -0.39 is 23.2 Å². The van der Waals surface area contributed by atoms with Gasteiger partial charge in [-0.25, -0.2) is 4.99 Å². The number of allylic oxidation sites excluding steroid dienone is 5. The molecule has 38 heavy (non-hydrogen) atoms. The Morgan fingerprint density at radius 3 is 2.79 bits per heavy atom. The number of hydrogen-bond donors (Lipinski definition) is 0. The summed E-state index contributed by atoms with van der Waals surface area (Å²) in [5.41, 5.74) is 0.727. The van der Waals surface area contributed by atoms with Crippen molar-refractivity contribution in [3.8, 4) is 29.9 Å². The maximum atomic E-state index is 13.3. The first-order valence-electron chi connectivity index (χ1n) is 11.5. The quantitative estimate of drug-likeness (QED) is 0.266. The van der Waals surface area contributed by atoms with Gasteiger partial charge in [0.2, 0.25) is 5.88 Å². The van der Waals surface area contributed by atoms with Crippen LogP contribution in [0.4, 0.5) is 13.2 Å². The van der Waals surface area contributed by atoms with E-state index in [1.807, 2.05) is 40.8 Å². The summed E-state index contributed by atoms with van der Waals surface area (Å²) in [6.07, 6.45) is 12.8. The van der Waals surface area contributed by atoms with Gasteiger partial charge < -0.3 is 9.30 Å². The lowest BCUT2D eigenvalue weighted by molar-refractivity contribution is -0.0938. The van der Waals surface area contributed by atoms with Crippen LogP contribution in [0, 0.1) is 30.1 Å². The summed E-state index contributed by atoms with van der Waals surface area (Å²) in [5.74, 6) is 7.72. The van der Waals surface area contributed by atoms with Crippen LogP contribution in [-0.4, -0.2) is 26.9 Å². The van der Waals surface area contributed by atoms with Crippen LogP contribution in [0.3, 0.4) is 0 Å². The van der Waals surface area contributed by atoms with Crippen LogP contribution in [0.1, 0.15) is 18.9 Å². The molecule has 0 bridgehead atoms. The van der Waals surface area contributed by atoms with E-state index in [0.29, 0.717) is 12.1 Å². The van der Waals surface area contributed by atoms with Crippen molar-refractivity contribution in [3.63, 3.8) is 0 Å². The molecule has 2 heterocycles. The van der Waals surface area contributed by atoms with Gasteiger partial charge in [-0.05, 0) is 43.7 Å². The van der Waals surface area contributed by atoms with Gasteiger partial charge >= 0.3 is 6.18 Å². The molecule has 0 fully saturated rings. The van der Waals surface area contributed by atoms with E-state index in [-0.39, 0.29) is 17.1 Å². The van der Waals surface area contributed by atoms with Crippen molar-refractivity contribution < 1.29 is 17.9 Å². The van der Waals surface area contributed by atoms with E-state index >= 15 is 0 Å². The fourth-order valence-electron chi connectivity index (χ4n) is 3.74. The second-order valence-corrected chi connectivity index (χ2v) is 8.30. The molecule has 2 aromatic heterocycles. The van der Waals surface area contributed by atoms with Crippen LogP contribution in [-0.2, 0) is 6.54 Å². The number of halogens is 3. The summed E-state index contributed by atoms with van der Waals surface area (Å²) in [6.45, 7) is 1.32. The lowest BCUT2D eigenvalue weighted by Gasteiger charge is -2.20. The molecule has 4 rings (SSSR count). The van der Waals surface area contributed by atoms with E-state index in [2.05, 4.69) is 26.8 Å². The minimum atomic E-state index is -4.67. The van der Waals surface area contributed by atoms with Crippen molar-refractivity contribution in [1.29, 1.82) is 0 Å². The van der Waals surface area contributed by atoms with E-state index in [9.17, 15) is 18.0 Å². The molecular formula is C29H21F3N4O2. The summed E-state index contributed by atoms with van der Waals surface area (Å²) in [6, 6.07) is 8.07. The highest BCUT2D eigenvalue weighted by atomic mass is 19.4. The molecule has 0 radical (unpaired) electrons. The zero-order chi connectivity index (χ0) is 27.1. The highest BCUT2D eigenvalue weighted by Crippen LogP contribution is 2.30. The minimum Gasteiger partial charge on any atom is -0.439 e. The maximum absolute atomic E-state index is 13.3. The number of nitrogens with zero attached hydrogens (tertiary/aromatic N) is 4. The van der Waals surface area contributed by atoms with Gasteiger partial charge in [0.05, 0.1) is 29.0 Å². The van der Waals surface area contributed by atoms with Gasteiger partial charge in [-0.3, -0.25) is 9.78 Å². The minimum absolute atomic E-state index is 0.00803. The zero-order valence-electron chi connectivity index (χ0n) is 20.2. The third-order valence-corrected chi connectivity index (χ3v) is 5.76. The van der Waals surface area contributed by atoms with Gasteiger partial charge in [-0.1, -0.05) is 36.0 Å². The van der Waals surface area contributed by atoms with Gasteiger partial charge in [-0.15, -0.1) is 6.42 Å². The molecule has 1 unspecified atom stereocenters. The highest BCUT2D eigenvalue weighted by Gasteiger charge is 2.34. The predicted molar refractivity (Wildman–Crippen MR) is 139 cm³/mol. The summed E-state index contributed by atoms with van der Waals surface area (Å²) in [7, 11) is 0. The van der Waals surface area contributed by atoms with E-state index in [1.54, 1.807) is 18.5 Å². The smallest absolute Gasteiger partial charge is 0.417 e. The van der Waals surface area contributed by atoms with Gasteiger partial charge in [0.25, 0.3) is 5.56 Å². The number of ether oxygens (including phenoxy) is 1. The normalized spacial score (nSPS) is 15.9. The Labute approximate surface area is 216 Å². The molecule has 1 atom stereocenters. The monoisotopic (exact) mass is 514 g/mol. The third kappa shape index (κ3) is 6.26. The van der Waals surface area contributed by atoms with Crippen LogP contribution >= 0.6 is 0 Å². The number of pyridine rings is 1. The number of terminal acetylenes is 1. The summed E-state index contributed by atoms with van der Waals surface area (Å²) < 4.78 is 47.0. The van der Waals surface area contributed by atoms with Crippen molar-refractivity contribution in [2.24, 2.45) is 10.9 Å². The third-order valence-electron chi connectivity index (χ3n) is 5.76. The zero-order valence-corrected chi connectivity index (χ0v) is 20.2. The van der Waals surface area contributed by atoms with Crippen molar-refractivity contribution in [1.82, 2.24) is 14.5 Å². The Kier molecular flexibility index (Phi) is 7.88. The van der Waals surface area contributed by atoms with Crippen LogP contribution in [0.25, 0.3) is 10.9 Å². The van der Waals surface area contributed by atoms with Gasteiger partial charge in [0, 0.05) is 36.0 Å². The molecular weight excluding hydrogens is 493 g/mol. The Balaban J connectivity index is 1.65. The second-order valence-electron chi connectivity index (χ2n) is 8.30. The second kappa shape index (κ2) is 11.4. The first-order chi connectivity index (χ1) is 18.3. The first kappa shape index (κ1) is 26.2. The fourth-order valence-corrected chi connectivity index (χ4v) is 3.74. The largest absolute Gasteiger partial charge is 0.439 e. The molecule has 0 amide bonds. The standard InChI is InChI=1S/C29H21F3N4O2/c1-3-14-34-28(20(2)29(30,31)32)38-24-10-11-26-25(17-24)27(37)35-19-36(26)18-23-7-5-4-6-22(23)9-8-21-12-15-33-16-13-21/h1,4-6,10-17,19,23H,7,18H2,2H3. The summed E-state index contributed by atoms with van der Waals surface area (Å²) >= 11 is 0. The van der Waals surface area contributed by atoms with Crippen molar-refractivity contribution in [2.45, 2.75) is 26.1 Å². The first-order valence-corrected chi connectivity index (χ1v) is 11.5. The molecule has 0 saturated carbocycles. The maximum Gasteiger partial charge on any atom is 0.417 e. The Bertz CT molecular complexity index is 1630. The number of aliphatic imine (C=N–C) groups is 1. The average molecular weight is 515 g/mol. The molecule has 9 heteroatoms. The van der Waals surface area contributed by atoms with Gasteiger partial charge in [0.1, 0.15) is 5.75 Å². The summed E-state index contributed by atoms with van der Waals surface area (Å²) in [4.78, 5) is 24.1. The molecule has 3 aromatic rings. The Hall–Kier alpha value is -4.89. The number of rotatable bonds is 5. The molecule has 190 valence electrons. The predicted octanol–water partition coefficient (Wildman–Crippen LogP) is 5.22. The average Bonchev–Trinajstić information content (AvgIpc) is 2.92. The number of benzene rings is 1. The summed E-state index contributed by atoms with van der Waals surface area (Å²) in [5, 5.41) is 0.190. The molecule has 1 aliphatic rings. The van der Waals surface area contributed by atoms with Crippen LogP contribution in [0.5, 0.6) is 5.75 Å². The molecule has 0 N–H and O–H groups in total. The van der Waals surface area contributed by atoms with Crippen molar-refractivity contribution >= 4 is 17.1 Å². The molecule has 6 nitrogen and oxygen atoms in total. The van der Waals surface area contributed by atoms with Crippen LogP contribution in [0.2, 0.25) is 0 Å². The van der Waals surface area contributed by atoms with Gasteiger partial charge in [-0.2, -0.15) is 18.2 Å². The van der Waals surface area contributed by atoms with E-state index in [1.165, 1.54) is 18.5 Å². The SMILES string of the molecule is C#CC=NC(Oc1ccc2c(c1)c(=O)ncn2CC1CC=CC=C1C#Cc1ccncc1)=C(C)C(F)(F)F. The van der Waals surface area contributed by atoms with E-state index in [0.717, 1.165) is 30.7 Å². The molecule has 1 aromatic carbocycles. The molecule has 0 spiro atoms. The number of fused-ring (bicyclic) bond motifs is 1. The highest BCUT2D eigenvalue weighted by molar-refractivity contribution is 5.80. The lowest BCUT2D eigenvalue weighted by atomic mass is 9.91. The molecule has 1 aliphatic carbocycles. The lowest BCUT2D eigenvalue weighted by Crippen LogP contribution is -2.18. The van der Waals surface area contributed by atoms with Crippen LogP contribution < -0.4 is 10.3 Å². The molecule has 0 saturated heterocycles.